The second-order valence-corrected chi connectivity index (χ2v) is 9.16. The summed E-state index contributed by atoms with van der Waals surface area (Å²) >= 11 is 0. The van der Waals surface area contributed by atoms with Gasteiger partial charge in [0, 0.05) is 17.7 Å². The highest BCUT2D eigenvalue weighted by Crippen LogP contribution is 2.46. The maximum Gasteiger partial charge on any atom is 0.278 e. The van der Waals surface area contributed by atoms with E-state index in [0.29, 0.717) is 5.71 Å². The minimum Gasteiger partial charge on any atom is -0.497 e. The summed E-state index contributed by atoms with van der Waals surface area (Å²) in [5.41, 5.74) is 5.29. The Bertz CT molecular complexity index is 1080. The van der Waals surface area contributed by atoms with Gasteiger partial charge in [-0.05, 0) is 69.6 Å². The predicted molar refractivity (Wildman–Crippen MR) is 125 cm³/mol. The van der Waals surface area contributed by atoms with Crippen molar-refractivity contribution in [2.75, 3.05) is 31.6 Å². The summed E-state index contributed by atoms with van der Waals surface area (Å²) in [6.45, 7) is 7.49. The summed E-state index contributed by atoms with van der Waals surface area (Å²) in [7, 11) is 1.64. The number of nitrogens with zero attached hydrogens (tertiary/aromatic N) is 3. The molecular formula is C26H29N3O2. The van der Waals surface area contributed by atoms with Crippen LogP contribution in [0, 0.1) is 0 Å². The highest BCUT2D eigenvalue weighted by Gasteiger charge is 2.45. The van der Waals surface area contributed by atoms with Gasteiger partial charge in [-0.2, -0.15) is 0 Å². The maximum absolute atomic E-state index is 13.6. The minimum absolute atomic E-state index is 0.0310. The average Bonchev–Trinajstić information content (AvgIpc) is 3.06. The lowest BCUT2D eigenvalue weighted by atomic mass is 9.88. The zero-order valence-corrected chi connectivity index (χ0v) is 18.5. The first-order valence-electron chi connectivity index (χ1n) is 11.1. The second kappa shape index (κ2) is 7.65. The molecule has 0 atom stereocenters. The topological polar surface area (TPSA) is 45.1 Å². The van der Waals surface area contributed by atoms with Gasteiger partial charge in [0.05, 0.1) is 24.0 Å². The highest BCUT2D eigenvalue weighted by atomic mass is 16.5. The molecule has 0 N–H and O–H groups in total. The number of rotatable bonds is 4. The maximum atomic E-state index is 13.6. The van der Waals surface area contributed by atoms with Crippen LogP contribution in [-0.2, 0) is 4.79 Å². The van der Waals surface area contributed by atoms with Gasteiger partial charge < -0.3 is 4.74 Å². The predicted octanol–water partition coefficient (Wildman–Crippen LogP) is 4.82. The number of piperidine rings is 1. The Hall–Kier alpha value is -2.92. The molecule has 3 aliphatic rings. The Kier molecular flexibility index (Phi) is 4.94. The van der Waals surface area contributed by atoms with Crippen LogP contribution in [0.4, 0.5) is 11.4 Å². The van der Waals surface area contributed by atoms with E-state index in [1.807, 2.05) is 35.2 Å². The molecule has 0 radical (unpaired) electrons. The molecule has 5 heteroatoms. The van der Waals surface area contributed by atoms with Gasteiger partial charge in [-0.15, -0.1) is 0 Å². The summed E-state index contributed by atoms with van der Waals surface area (Å²) in [5, 5.41) is 0. The fourth-order valence-corrected chi connectivity index (χ4v) is 5.06. The first-order valence-corrected chi connectivity index (χ1v) is 11.1. The number of hydrogen-bond acceptors (Lipinski definition) is 4. The smallest absolute Gasteiger partial charge is 0.278 e. The Morgan fingerprint density at radius 1 is 1.00 bits per heavy atom. The van der Waals surface area contributed by atoms with E-state index in [0.717, 1.165) is 47.9 Å². The molecule has 5 rings (SSSR count). The summed E-state index contributed by atoms with van der Waals surface area (Å²) in [6, 6.07) is 13.7. The van der Waals surface area contributed by atoms with Crippen molar-refractivity contribution in [3.05, 3.63) is 59.7 Å². The van der Waals surface area contributed by atoms with Crippen LogP contribution < -0.4 is 9.64 Å². The molecule has 5 nitrogen and oxygen atoms in total. The quantitative estimate of drug-likeness (QED) is 0.719. The molecule has 0 saturated carbocycles. The highest BCUT2D eigenvalue weighted by molar-refractivity contribution is 6.55. The number of hydrogen-bond donors (Lipinski definition) is 0. The monoisotopic (exact) mass is 415 g/mol. The van der Waals surface area contributed by atoms with Gasteiger partial charge in [-0.25, -0.2) is 4.99 Å². The molecule has 0 bridgehead atoms. The van der Waals surface area contributed by atoms with Crippen LogP contribution in [-0.4, -0.2) is 48.8 Å². The van der Waals surface area contributed by atoms with E-state index in [1.54, 1.807) is 7.11 Å². The molecule has 2 aromatic rings. The van der Waals surface area contributed by atoms with Crippen LogP contribution in [0.15, 0.2) is 53.5 Å². The van der Waals surface area contributed by atoms with Crippen molar-refractivity contribution < 1.29 is 9.53 Å². The molecular weight excluding hydrogens is 386 g/mol. The second-order valence-electron chi connectivity index (χ2n) is 9.16. The average molecular weight is 416 g/mol. The largest absolute Gasteiger partial charge is 0.497 e. The van der Waals surface area contributed by atoms with Crippen molar-refractivity contribution in [2.24, 2.45) is 4.99 Å². The van der Waals surface area contributed by atoms with Crippen molar-refractivity contribution in [2.45, 2.75) is 38.6 Å². The normalized spacial score (nSPS) is 21.3. The van der Waals surface area contributed by atoms with E-state index in [-0.39, 0.29) is 5.91 Å². The Morgan fingerprint density at radius 2 is 1.71 bits per heavy atom. The summed E-state index contributed by atoms with van der Waals surface area (Å²) in [5.74, 6) is 0.744. The van der Waals surface area contributed by atoms with Gasteiger partial charge in [-0.3, -0.25) is 14.6 Å². The van der Waals surface area contributed by atoms with Gasteiger partial charge in [0.15, 0.2) is 0 Å². The van der Waals surface area contributed by atoms with Crippen LogP contribution >= 0.6 is 0 Å². The van der Waals surface area contributed by atoms with E-state index in [4.69, 9.17) is 9.73 Å². The van der Waals surface area contributed by atoms with Crippen molar-refractivity contribution in [1.29, 1.82) is 0 Å². The molecule has 1 saturated heterocycles. The number of anilines is 1. The van der Waals surface area contributed by atoms with Crippen molar-refractivity contribution in [3.8, 4) is 5.75 Å². The lowest BCUT2D eigenvalue weighted by Gasteiger charge is -2.40. The SMILES string of the molecule is COc1ccc(N=C2C(=O)N3c4c(cccc42)C(CN2CCCCC2)=CC3(C)C)cc1. The van der Waals surface area contributed by atoms with Crippen LogP contribution in [0.2, 0.25) is 0 Å². The molecule has 3 heterocycles. The number of amides is 1. The number of benzene rings is 2. The fraction of sp³-hybridized carbons (Fsp3) is 0.385. The molecule has 1 amide bonds. The van der Waals surface area contributed by atoms with Crippen molar-refractivity contribution in [3.63, 3.8) is 0 Å². The number of aliphatic imine (C=N–C) groups is 1. The van der Waals surface area contributed by atoms with Crippen LogP contribution in [0.25, 0.3) is 5.57 Å². The summed E-state index contributed by atoms with van der Waals surface area (Å²) < 4.78 is 5.24. The molecule has 31 heavy (non-hydrogen) atoms. The Balaban J connectivity index is 1.57. The van der Waals surface area contributed by atoms with Crippen LogP contribution in [0.1, 0.15) is 44.2 Å². The van der Waals surface area contributed by atoms with E-state index >= 15 is 0 Å². The molecule has 0 aromatic heterocycles. The van der Waals surface area contributed by atoms with Gasteiger partial charge in [0.1, 0.15) is 11.5 Å². The van der Waals surface area contributed by atoms with E-state index < -0.39 is 5.54 Å². The zero-order valence-electron chi connectivity index (χ0n) is 18.5. The molecule has 0 aliphatic carbocycles. The van der Waals surface area contributed by atoms with Crippen molar-refractivity contribution in [1.82, 2.24) is 4.90 Å². The molecule has 160 valence electrons. The van der Waals surface area contributed by atoms with Gasteiger partial charge in [0.2, 0.25) is 0 Å². The summed E-state index contributed by atoms with van der Waals surface area (Å²) in [6.07, 6.45) is 6.15. The molecule has 2 aromatic carbocycles. The number of ether oxygens (including phenoxy) is 1. The third-order valence-corrected chi connectivity index (χ3v) is 6.53. The third kappa shape index (κ3) is 3.47. The van der Waals surface area contributed by atoms with Gasteiger partial charge >= 0.3 is 0 Å². The Labute approximate surface area is 184 Å². The zero-order chi connectivity index (χ0) is 21.6. The van der Waals surface area contributed by atoms with E-state index in [9.17, 15) is 4.79 Å². The van der Waals surface area contributed by atoms with Crippen molar-refractivity contribution >= 4 is 28.6 Å². The van der Waals surface area contributed by atoms with Gasteiger partial charge in [0.25, 0.3) is 5.91 Å². The van der Waals surface area contributed by atoms with E-state index in [1.165, 1.54) is 24.8 Å². The molecule has 0 unspecified atom stereocenters. The van der Waals surface area contributed by atoms with Crippen LogP contribution in [0.3, 0.4) is 0 Å². The summed E-state index contributed by atoms with van der Waals surface area (Å²) in [4.78, 5) is 22.8. The molecule has 1 fully saturated rings. The number of likely N-dealkylation sites (tertiary alicyclic amines) is 1. The number of methoxy groups -OCH3 is 1. The Morgan fingerprint density at radius 3 is 2.42 bits per heavy atom. The number of carbonyl (C=O) groups excluding carboxylic acids is 1. The number of para-hydroxylation sites is 1. The third-order valence-electron chi connectivity index (χ3n) is 6.53. The first-order chi connectivity index (χ1) is 15.0. The lowest BCUT2D eigenvalue weighted by molar-refractivity contribution is -0.112. The number of carbonyl (C=O) groups is 1. The molecule has 3 aliphatic heterocycles. The fourth-order valence-electron chi connectivity index (χ4n) is 5.06. The first kappa shape index (κ1) is 20.0. The molecule has 0 spiro atoms. The van der Waals surface area contributed by atoms with Gasteiger partial charge in [-0.1, -0.05) is 30.7 Å². The minimum atomic E-state index is -0.400. The standard InChI is InChI=1S/C26H29N3O2/c1-26(2)16-18(17-28-14-5-4-6-15-28)21-8-7-9-22-23(25(30)29(26)24(21)22)27-19-10-12-20(31-3)13-11-19/h7-13,16H,4-6,14-15,17H2,1-3H3. The van der Waals surface area contributed by atoms with E-state index in [2.05, 4.69) is 37.0 Å². The van der Waals surface area contributed by atoms with Crippen LogP contribution in [0.5, 0.6) is 5.75 Å². The lowest BCUT2D eigenvalue weighted by Crippen LogP contribution is -2.48.